The molecule has 3 aromatic carbocycles. The van der Waals surface area contributed by atoms with Gasteiger partial charge in [-0.15, -0.1) is 23.2 Å². The molecule has 2 heterocycles. The summed E-state index contributed by atoms with van der Waals surface area (Å²) in [4.78, 5) is 64.7. The molecule has 7 rings (SSSR count). The summed E-state index contributed by atoms with van der Waals surface area (Å²) in [5.74, 6) is -7.79. The molecule has 2 aliphatic carbocycles. The molecule has 2 saturated heterocycles. The average molecular weight is 680 g/mol. The van der Waals surface area contributed by atoms with Crippen molar-refractivity contribution < 1.29 is 38.3 Å². The minimum Gasteiger partial charge on any atom is -0.508 e. The van der Waals surface area contributed by atoms with Crippen molar-refractivity contribution in [2.75, 3.05) is 16.9 Å². The number of amides is 4. The molecule has 240 valence electrons. The number of nitrogens with zero attached hydrogens (tertiary/aromatic N) is 3. The first-order chi connectivity index (χ1) is 22.3. The Bertz CT molecular complexity index is 1950. The molecule has 0 radical (unpaired) electrons. The Hall–Kier alpha value is -4.81. The number of fused-ring (bicyclic) bond motifs is 4. The van der Waals surface area contributed by atoms with Gasteiger partial charge < -0.3 is 9.84 Å². The number of halogens is 3. The molecule has 0 aromatic heterocycles. The lowest BCUT2D eigenvalue weighted by Crippen LogP contribution is -2.60. The Balaban J connectivity index is 1.39. The van der Waals surface area contributed by atoms with Crippen molar-refractivity contribution in [3.8, 4) is 11.5 Å². The smallest absolute Gasteiger partial charge is 0.271 e. The third kappa shape index (κ3) is 4.17. The molecule has 6 atom stereocenters. The number of rotatable bonds is 5. The number of aromatic hydroxyl groups is 1. The summed E-state index contributed by atoms with van der Waals surface area (Å²) < 4.78 is 19.1. The van der Waals surface area contributed by atoms with Gasteiger partial charge in [0.05, 0.1) is 35.2 Å². The van der Waals surface area contributed by atoms with Gasteiger partial charge in [0.1, 0.15) is 17.3 Å². The van der Waals surface area contributed by atoms with E-state index in [9.17, 15) is 38.8 Å². The molecule has 3 aromatic rings. The number of non-ortho nitro benzene ring substituents is 1. The Kier molecular flexibility index (Phi) is 6.96. The van der Waals surface area contributed by atoms with Crippen LogP contribution in [0.3, 0.4) is 0 Å². The van der Waals surface area contributed by atoms with Crippen LogP contribution in [-0.2, 0) is 19.2 Å². The zero-order valence-electron chi connectivity index (χ0n) is 24.4. The monoisotopic (exact) mass is 679 g/mol. The van der Waals surface area contributed by atoms with E-state index in [1.807, 2.05) is 0 Å². The Morgan fingerprint density at radius 2 is 1.66 bits per heavy atom. The first-order valence-corrected chi connectivity index (χ1v) is 15.3. The van der Waals surface area contributed by atoms with Crippen molar-refractivity contribution in [3.05, 3.63) is 99.9 Å². The molecule has 14 heteroatoms. The number of nitro benzene ring substituents is 1. The number of nitro groups is 1. The van der Waals surface area contributed by atoms with Crippen molar-refractivity contribution >= 4 is 63.9 Å². The van der Waals surface area contributed by atoms with Crippen LogP contribution in [-0.4, -0.2) is 50.5 Å². The second-order valence-corrected chi connectivity index (χ2v) is 13.2. The fraction of sp³-hybridized carbons (Fsp3) is 0.273. The molecular formula is C33H24Cl2FN3O8. The number of anilines is 2. The largest absolute Gasteiger partial charge is 0.508 e. The van der Waals surface area contributed by atoms with Crippen molar-refractivity contribution in [2.45, 2.75) is 28.5 Å². The van der Waals surface area contributed by atoms with Gasteiger partial charge in [0, 0.05) is 29.7 Å². The van der Waals surface area contributed by atoms with Crippen LogP contribution in [0.15, 0.2) is 78.4 Å². The van der Waals surface area contributed by atoms with Gasteiger partial charge in [-0.3, -0.25) is 29.3 Å². The SMILES string of the molecule is COc1ccc(C2C3=CCC4C(=O)N(c5cccc([N+](=O)[O-])c5)C(=O)C4C3CC3(Cl)C(=O)N(c4ccc(F)cc4)C(=O)C23Cl)c(O)c1. The molecule has 4 aliphatic rings. The van der Waals surface area contributed by atoms with Crippen molar-refractivity contribution in [1.82, 2.24) is 0 Å². The van der Waals surface area contributed by atoms with E-state index in [1.54, 1.807) is 6.08 Å². The van der Waals surface area contributed by atoms with Crippen LogP contribution in [0.5, 0.6) is 11.5 Å². The predicted octanol–water partition coefficient (Wildman–Crippen LogP) is 5.22. The lowest BCUT2D eigenvalue weighted by atomic mass is 9.56. The number of hydrogen-bond donors (Lipinski definition) is 1. The molecule has 3 fully saturated rings. The van der Waals surface area contributed by atoms with E-state index >= 15 is 0 Å². The third-order valence-electron chi connectivity index (χ3n) is 9.74. The first-order valence-electron chi connectivity index (χ1n) is 14.5. The Morgan fingerprint density at radius 3 is 2.32 bits per heavy atom. The summed E-state index contributed by atoms with van der Waals surface area (Å²) in [5, 5.41) is 22.7. The lowest BCUT2D eigenvalue weighted by Gasteiger charge is -2.50. The molecule has 0 bridgehead atoms. The van der Waals surface area contributed by atoms with Crippen LogP contribution in [0.1, 0.15) is 24.3 Å². The molecule has 1 saturated carbocycles. The van der Waals surface area contributed by atoms with E-state index < -0.39 is 67.8 Å². The normalized spacial score (nSPS) is 29.7. The first kappa shape index (κ1) is 30.8. The van der Waals surface area contributed by atoms with Crippen LogP contribution >= 0.6 is 23.2 Å². The second-order valence-electron chi connectivity index (χ2n) is 12.0. The van der Waals surface area contributed by atoms with E-state index in [0.717, 1.165) is 28.0 Å². The summed E-state index contributed by atoms with van der Waals surface area (Å²) in [6.07, 6.45) is 1.41. The van der Waals surface area contributed by atoms with Crippen molar-refractivity contribution in [3.63, 3.8) is 0 Å². The molecule has 6 unspecified atom stereocenters. The predicted molar refractivity (Wildman–Crippen MR) is 167 cm³/mol. The second kappa shape index (κ2) is 10.6. The lowest BCUT2D eigenvalue weighted by molar-refractivity contribution is -0.384. The van der Waals surface area contributed by atoms with Crippen LogP contribution in [0.2, 0.25) is 0 Å². The number of alkyl halides is 2. The number of carbonyl (C=O) groups is 4. The summed E-state index contributed by atoms with van der Waals surface area (Å²) in [6, 6.07) is 14.1. The maximum Gasteiger partial charge on any atom is 0.271 e. The highest BCUT2D eigenvalue weighted by molar-refractivity contribution is 6.58. The topological polar surface area (TPSA) is 147 Å². The van der Waals surface area contributed by atoms with Gasteiger partial charge in [-0.1, -0.05) is 23.8 Å². The maximum absolute atomic E-state index is 14.4. The Morgan fingerprint density at radius 1 is 0.936 bits per heavy atom. The number of phenols is 1. The van der Waals surface area contributed by atoms with E-state index in [4.69, 9.17) is 27.9 Å². The number of allylic oxidation sites excluding steroid dienone is 2. The zero-order chi connectivity index (χ0) is 33.6. The van der Waals surface area contributed by atoms with Crippen LogP contribution in [0, 0.1) is 33.7 Å². The number of benzene rings is 3. The molecule has 2 aliphatic heterocycles. The summed E-state index contributed by atoms with van der Waals surface area (Å²) in [7, 11) is 1.40. The maximum atomic E-state index is 14.4. The molecule has 47 heavy (non-hydrogen) atoms. The number of hydrogen-bond acceptors (Lipinski definition) is 8. The highest BCUT2D eigenvalue weighted by atomic mass is 35.5. The summed E-state index contributed by atoms with van der Waals surface area (Å²) in [5.41, 5.74) is 0.295. The molecule has 1 N–H and O–H groups in total. The van der Waals surface area contributed by atoms with E-state index in [-0.39, 0.29) is 41.2 Å². The van der Waals surface area contributed by atoms with Gasteiger partial charge >= 0.3 is 0 Å². The third-order valence-corrected chi connectivity index (χ3v) is 11.2. The number of ether oxygens (including phenoxy) is 1. The molecule has 0 spiro atoms. The zero-order valence-corrected chi connectivity index (χ0v) is 25.9. The number of phenolic OH excluding ortho intramolecular Hbond substituents is 1. The van der Waals surface area contributed by atoms with Gasteiger partial charge in [-0.2, -0.15) is 0 Å². The van der Waals surface area contributed by atoms with Crippen molar-refractivity contribution in [1.29, 1.82) is 0 Å². The van der Waals surface area contributed by atoms with Crippen LogP contribution in [0.25, 0.3) is 0 Å². The van der Waals surface area contributed by atoms with Gasteiger partial charge in [-0.05, 0) is 55.2 Å². The van der Waals surface area contributed by atoms with Crippen LogP contribution < -0.4 is 14.5 Å². The van der Waals surface area contributed by atoms with Gasteiger partial charge in [-0.25, -0.2) is 14.2 Å². The highest BCUT2D eigenvalue weighted by Crippen LogP contribution is 2.66. The van der Waals surface area contributed by atoms with Crippen molar-refractivity contribution in [2.24, 2.45) is 17.8 Å². The van der Waals surface area contributed by atoms with Gasteiger partial charge in [0.25, 0.3) is 17.5 Å². The minimum atomic E-state index is -2.23. The number of imide groups is 2. The van der Waals surface area contributed by atoms with E-state index in [2.05, 4.69) is 0 Å². The fourth-order valence-electron chi connectivity index (χ4n) is 7.64. The molecule has 4 amide bonds. The van der Waals surface area contributed by atoms with Crippen LogP contribution in [0.4, 0.5) is 21.5 Å². The number of carbonyl (C=O) groups excluding carboxylic acids is 4. The minimum absolute atomic E-state index is 0.0205. The number of methoxy groups -OCH3 is 1. The summed E-state index contributed by atoms with van der Waals surface area (Å²) >= 11 is 14.6. The van der Waals surface area contributed by atoms with Gasteiger partial charge in [0.15, 0.2) is 9.75 Å². The quantitative estimate of drug-likeness (QED) is 0.127. The Labute approximate surface area is 276 Å². The standard InChI is InChI=1S/C33H24Cl2FN3O8/c1-47-20-9-10-22(25(40)14-20)27-21-11-12-23-26(29(42)37(28(23)41)18-3-2-4-19(13-18)39(45)46)24(21)15-32(34)30(43)38(31(44)33(27,32)35)17-7-5-16(36)6-8-17/h2-11,13-14,23-24,26-27,40H,12,15H2,1H3. The van der Waals surface area contributed by atoms with Gasteiger partial charge in [0.2, 0.25) is 11.8 Å². The highest BCUT2D eigenvalue weighted by Gasteiger charge is 2.77. The molecule has 11 nitrogen and oxygen atoms in total. The summed E-state index contributed by atoms with van der Waals surface area (Å²) in [6.45, 7) is 0. The fourth-order valence-corrected chi connectivity index (χ4v) is 8.57. The van der Waals surface area contributed by atoms with E-state index in [1.165, 1.54) is 55.6 Å². The molecular weight excluding hydrogens is 656 g/mol. The van der Waals surface area contributed by atoms with E-state index in [0.29, 0.717) is 11.3 Å². The average Bonchev–Trinajstić information content (AvgIpc) is 3.39.